The molecule has 3 heterocycles. The molecule has 128 valence electrons. The topological polar surface area (TPSA) is 52.7 Å². The molecule has 0 aliphatic carbocycles. The molecule has 2 amide bonds. The van der Waals surface area contributed by atoms with Crippen LogP contribution in [0, 0.1) is 11.6 Å². The molecule has 0 bridgehead atoms. The molecule has 3 aliphatic rings. The van der Waals surface area contributed by atoms with Gasteiger partial charge in [-0.25, -0.2) is 8.78 Å². The van der Waals surface area contributed by atoms with E-state index in [1.54, 1.807) is 9.80 Å². The second-order valence-electron chi connectivity index (χ2n) is 6.76. The molecule has 24 heavy (non-hydrogen) atoms. The first-order valence-corrected chi connectivity index (χ1v) is 8.33. The summed E-state index contributed by atoms with van der Waals surface area (Å²) in [7, 11) is 0. The Kier molecular flexibility index (Phi) is 3.75. The first-order chi connectivity index (χ1) is 11.5. The van der Waals surface area contributed by atoms with Gasteiger partial charge in [0.05, 0.1) is 0 Å². The number of benzene rings is 1. The molecule has 1 aromatic rings. The van der Waals surface area contributed by atoms with Crippen molar-refractivity contribution in [2.24, 2.45) is 0 Å². The van der Waals surface area contributed by atoms with E-state index >= 15 is 0 Å². The van der Waals surface area contributed by atoms with Crippen LogP contribution >= 0.6 is 0 Å². The van der Waals surface area contributed by atoms with E-state index in [1.165, 1.54) is 6.07 Å². The molecule has 0 unspecified atom stereocenters. The van der Waals surface area contributed by atoms with Crippen LogP contribution in [-0.2, 0) is 16.1 Å². The van der Waals surface area contributed by atoms with Gasteiger partial charge in [0, 0.05) is 25.7 Å². The highest BCUT2D eigenvalue weighted by atomic mass is 19.2. The number of fused-ring (bicyclic) bond motifs is 2. The Hall–Kier alpha value is -2.02. The Labute approximate surface area is 138 Å². The predicted octanol–water partition coefficient (Wildman–Crippen LogP) is 1.03. The minimum atomic E-state index is -0.871. The van der Waals surface area contributed by atoms with E-state index in [9.17, 15) is 18.4 Å². The van der Waals surface area contributed by atoms with Gasteiger partial charge in [0.15, 0.2) is 11.6 Å². The highest BCUT2D eigenvalue weighted by molar-refractivity contribution is 5.98. The molecule has 4 rings (SSSR count). The predicted molar refractivity (Wildman–Crippen MR) is 81.8 cm³/mol. The van der Waals surface area contributed by atoms with Crippen molar-refractivity contribution >= 4 is 11.8 Å². The summed E-state index contributed by atoms with van der Waals surface area (Å²) >= 11 is 0. The van der Waals surface area contributed by atoms with Crippen LogP contribution < -0.4 is 5.32 Å². The SMILES string of the molecule is O=C1[C@@H]2C[C@H](NCc3ccc(F)c(F)c3)CN2C(=O)[C@@H]2CCCN12. The minimum absolute atomic E-state index is 0.0176. The van der Waals surface area contributed by atoms with Crippen LogP contribution in [0.3, 0.4) is 0 Å². The van der Waals surface area contributed by atoms with Crippen molar-refractivity contribution in [3.8, 4) is 0 Å². The molecule has 0 radical (unpaired) electrons. The highest BCUT2D eigenvalue weighted by Crippen LogP contribution is 2.32. The Bertz CT molecular complexity index is 666. The number of amides is 2. The molecule has 3 fully saturated rings. The van der Waals surface area contributed by atoms with Gasteiger partial charge in [0.25, 0.3) is 0 Å². The van der Waals surface area contributed by atoms with Gasteiger partial charge in [-0.3, -0.25) is 9.59 Å². The molecule has 0 aromatic heterocycles. The third-order valence-electron chi connectivity index (χ3n) is 5.27. The smallest absolute Gasteiger partial charge is 0.246 e. The van der Waals surface area contributed by atoms with Gasteiger partial charge in [-0.15, -0.1) is 0 Å². The summed E-state index contributed by atoms with van der Waals surface area (Å²) in [5.74, 6) is -1.64. The van der Waals surface area contributed by atoms with Crippen molar-refractivity contribution in [1.29, 1.82) is 0 Å². The summed E-state index contributed by atoms with van der Waals surface area (Å²) in [6, 6.07) is 3.12. The van der Waals surface area contributed by atoms with Crippen LogP contribution in [0.5, 0.6) is 0 Å². The Morgan fingerprint density at radius 2 is 1.88 bits per heavy atom. The van der Waals surface area contributed by atoms with Crippen molar-refractivity contribution in [1.82, 2.24) is 15.1 Å². The molecule has 1 N–H and O–H groups in total. The largest absolute Gasteiger partial charge is 0.329 e. The standard InChI is InChI=1S/C17H19F2N3O2/c18-12-4-3-10(6-13(12)19)8-20-11-7-15-17(24)21-5-1-2-14(21)16(23)22(15)9-11/h3-4,6,11,14-15,20H,1-2,5,7-9H2/t11-,14-,15-/m0/s1. The van der Waals surface area contributed by atoms with E-state index < -0.39 is 11.6 Å². The van der Waals surface area contributed by atoms with Crippen molar-refractivity contribution in [3.05, 3.63) is 35.4 Å². The van der Waals surface area contributed by atoms with Gasteiger partial charge in [0.2, 0.25) is 11.8 Å². The molecule has 5 nitrogen and oxygen atoms in total. The van der Waals surface area contributed by atoms with Crippen LogP contribution in [0.2, 0.25) is 0 Å². The number of nitrogens with one attached hydrogen (secondary N) is 1. The fraction of sp³-hybridized carbons (Fsp3) is 0.529. The second-order valence-corrected chi connectivity index (χ2v) is 6.76. The molecule has 3 saturated heterocycles. The van der Waals surface area contributed by atoms with E-state index in [0.717, 1.165) is 25.0 Å². The molecular weight excluding hydrogens is 316 g/mol. The fourth-order valence-corrected chi connectivity index (χ4v) is 4.04. The maximum absolute atomic E-state index is 13.2. The average molecular weight is 335 g/mol. The van der Waals surface area contributed by atoms with Crippen molar-refractivity contribution in [2.45, 2.75) is 43.9 Å². The third-order valence-corrected chi connectivity index (χ3v) is 5.27. The molecule has 3 aliphatic heterocycles. The van der Waals surface area contributed by atoms with Crippen LogP contribution in [-0.4, -0.2) is 52.8 Å². The molecule has 0 saturated carbocycles. The molecular formula is C17H19F2N3O2. The number of carbonyl (C=O) groups is 2. The highest BCUT2D eigenvalue weighted by Gasteiger charge is 2.51. The summed E-state index contributed by atoms with van der Waals surface area (Å²) in [5.41, 5.74) is 0.636. The van der Waals surface area contributed by atoms with Crippen LogP contribution in [0.4, 0.5) is 8.78 Å². The number of nitrogens with zero attached hydrogens (tertiary/aromatic N) is 2. The average Bonchev–Trinajstić information content (AvgIpc) is 3.21. The quantitative estimate of drug-likeness (QED) is 0.898. The molecule has 3 atom stereocenters. The van der Waals surface area contributed by atoms with E-state index in [4.69, 9.17) is 0 Å². The molecule has 7 heteroatoms. The maximum Gasteiger partial charge on any atom is 0.246 e. The molecule has 0 spiro atoms. The van der Waals surface area contributed by atoms with Crippen molar-refractivity contribution in [2.75, 3.05) is 13.1 Å². The lowest BCUT2D eigenvalue weighted by atomic mass is 10.1. The number of halogens is 2. The number of piperazine rings is 1. The van der Waals surface area contributed by atoms with Crippen LogP contribution in [0.25, 0.3) is 0 Å². The van der Waals surface area contributed by atoms with Gasteiger partial charge in [-0.1, -0.05) is 6.07 Å². The number of hydrogen-bond acceptors (Lipinski definition) is 3. The zero-order chi connectivity index (χ0) is 16.8. The van der Waals surface area contributed by atoms with Gasteiger partial charge in [-0.05, 0) is 37.0 Å². The lowest BCUT2D eigenvalue weighted by molar-refractivity contribution is -0.156. The summed E-state index contributed by atoms with van der Waals surface area (Å²) in [6.45, 7) is 1.54. The number of rotatable bonds is 3. The van der Waals surface area contributed by atoms with E-state index in [1.807, 2.05) is 0 Å². The molecule has 1 aromatic carbocycles. The van der Waals surface area contributed by atoms with Gasteiger partial charge < -0.3 is 15.1 Å². The lowest BCUT2D eigenvalue weighted by Gasteiger charge is -2.38. The Morgan fingerprint density at radius 1 is 1.08 bits per heavy atom. The zero-order valence-corrected chi connectivity index (χ0v) is 13.2. The fourth-order valence-electron chi connectivity index (χ4n) is 4.04. The van der Waals surface area contributed by atoms with E-state index in [0.29, 0.717) is 31.6 Å². The first-order valence-electron chi connectivity index (χ1n) is 8.33. The van der Waals surface area contributed by atoms with Crippen molar-refractivity contribution < 1.29 is 18.4 Å². The minimum Gasteiger partial charge on any atom is -0.329 e. The lowest BCUT2D eigenvalue weighted by Crippen LogP contribution is -2.60. The Morgan fingerprint density at radius 3 is 2.67 bits per heavy atom. The first kappa shape index (κ1) is 15.5. The summed E-state index contributed by atoms with van der Waals surface area (Å²) < 4.78 is 26.2. The monoisotopic (exact) mass is 335 g/mol. The van der Waals surface area contributed by atoms with Crippen LogP contribution in [0.1, 0.15) is 24.8 Å². The summed E-state index contributed by atoms with van der Waals surface area (Å²) in [4.78, 5) is 28.5. The Balaban J connectivity index is 1.42. The third kappa shape index (κ3) is 2.47. The zero-order valence-electron chi connectivity index (χ0n) is 13.2. The van der Waals surface area contributed by atoms with E-state index in [-0.39, 0.29) is 29.9 Å². The number of carbonyl (C=O) groups excluding carboxylic acids is 2. The maximum atomic E-state index is 13.2. The van der Waals surface area contributed by atoms with Gasteiger partial charge >= 0.3 is 0 Å². The van der Waals surface area contributed by atoms with Crippen molar-refractivity contribution in [3.63, 3.8) is 0 Å². The van der Waals surface area contributed by atoms with Gasteiger partial charge in [0.1, 0.15) is 12.1 Å². The second kappa shape index (κ2) is 5.81. The summed E-state index contributed by atoms with van der Waals surface area (Å²) in [6.07, 6.45) is 2.21. The number of hydrogen-bond donors (Lipinski definition) is 1. The van der Waals surface area contributed by atoms with E-state index in [2.05, 4.69) is 5.32 Å². The van der Waals surface area contributed by atoms with Gasteiger partial charge in [-0.2, -0.15) is 0 Å². The summed E-state index contributed by atoms with van der Waals surface area (Å²) in [5, 5.41) is 3.25. The van der Waals surface area contributed by atoms with Crippen LogP contribution in [0.15, 0.2) is 18.2 Å². The normalized spacial score (nSPS) is 29.2.